The Morgan fingerprint density at radius 1 is 1.29 bits per heavy atom. The highest BCUT2D eigenvalue weighted by Crippen LogP contribution is 2.32. The lowest BCUT2D eigenvalue weighted by Crippen LogP contribution is -2.56. The van der Waals surface area contributed by atoms with Gasteiger partial charge in [-0.1, -0.05) is 47.1 Å². The highest BCUT2D eigenvalue weighted by Gasteiger charge is 2.44. The molecule has 34 heavy (non-hydrogen) atoms. The molecule has 0 aliphatic carbocycles. The van der Waals surface area contributed by atoms with Crippen molar-refractivity contribution in [1.29, 1.82) is 0 Å². The SMILES string of the molecule is CCOC(=O)C(C)(NC(=O)C1CCCN1C(=O)C(c1cc(C)no1)C(C)C)c1ccc(Br)cc1. The number of halogens is 1. The summed E-state index contributed by atoms with van der Waals surface area (Å²) in [4.78, 5) is 41.6. The first kappa shape index (κ1) is 25.9. The zero-order valence-corrected chi connectivity index (χ0v) is 21.8. The molecular weight excluding hydrogens is 502 g/mol. The van der Waals surface area contributed by atoms with Crippen LogP contribution in [0.1, 0.15) is 63.5 Å². The maximum atomic E-state index is 13.6. The molecular formula is C25H32BrN3O5. The van der Waals surface area contributed by atoms with Crippen LogP contribution in [0.2, 0.25) is 0 Å². The van der Waals surface area contributed by atoms with Gasteiger partial charge in [-0.05, 0) is 57.2 Å². The van der Waals surface area contributed by atoms with Gasteiger partial charge in [0.25, 0.3) is 0 Å². The third-order valence-corrected chi connectivity index (χ3v) is 6.73. The fraction of sp³-hybridized carbons (Fsp3) is 0.520. The number of nitrogens with one attached hydrogen (secondary N) is 1. The van der Waals surface area contributed by atoms with Crippen molar-refractivity contribution in [3.05, 3.63) is 51.8 Å². The summed E-state index contributed by atoms with van der Waals surface area (Å²) in [6.07, 6.45) is 1.20. The molecule has 184 valence electrons. The van der Waals surface area contributed by atoms with E-state index in [9.17, 15) is 14.4 Å². The van der Waals surface area contributed by atoms with Gasteiger partial charge >= 0.3 is 5.97 Å². The summed E-state index contributed by atoms with van der Waals surface area (Å²) in [6, 6.07) is 8.20. The summed E-state index contributed by atoms with van der Waals surface area (Å²) >= 11 is 3.39. The Morgan fingerprint density at radius 3 is 2.53 bits per heavy atom. The number of amides is 2. The normalized spacial score (nSPS) is 18.4. The molecule has 1 aliphatic rings. The van der Waals surface area contributed by atoms with E-state index in [1.54, 1.807) is 56.0 Å². The minimum Gasteiger partial charge on any atom is -0.464 e. The molecule has 8 nitrogen and oxygen atoms in total. The van der Waals surface area contributed by atoms with Crippen molar-refractivity contribution in [1.82, 2.24) is 15.4 Å². The number of rotatable bonds is 8. The molecule has 1 aliphatic heterocycles. The minimum absolute atomic E-state index is 0.0447. The average Bonchev–Trinajstić information content (AvgIpc) is 3.43. The van der Waals surface area contributed by atoms with Gasteiger partial charge in [-0.3, -0.25) is 9.59 Å². The highest BCUT2D eigenvalue weighted by atomic mass is 79.9. The molecule has 2 amide bonds. The van der Waals surface area contributed by atoms with Crippen molar-refractivity contribution >= 4 is 33.7 Å². The number of aryl methyl sites for hydroxylation is 1. The molecule has 1 N–H and O–H groups in total. The topological polar surface area (TPSA) is 102 Å². The number of ether oxygens (including phenoxy) is 1. The standard InChI is InChI=1S/C25H32BrN3O5/c1-6-33-24(32)25(5,17-9-11-18(26)12-10-17)27-22(30)19-8-7-13-29(19)23(31)21(15(2)3)20-14-16(4)28-34-20/h9-12,14-15,19,21H,6-8,13H2,1-5H3,(H,27,30). The van der Waals surface area contributed by atoms with Crippen LogP contribution in [0, 0.1) is 12.8 Å². The van der Waals surface area contributed by atoms with Gasteiger partial charge in [-0.15, -0.1) is 0 Å². The fourth-order valence-electron chi connectivity index (χ4n) is 4.38. The first-order valence-corrected chi connectivity index (χ1v) is 12.4. The van der Waals surface area contributed by atoms with E-state index < -0.39 is 23.5 Å². The molecule has 1 aromatic heterocycles. The van der Waals surface area contributed by atoms with Crippen LogP contribution in [-0.2, 0) is 24.7 Å². The van der Waals surface area contributed by atoms with Crippen LogP contribution in [0.3, 0.4) is 0 Å². The first-order chi connectivity index (χ1) is 16.1. The number of hydrogen-bond acceptors (Lipinski definition) is 6. The number of benzene rings is 1. The van der Waals surface area contributed by atoms with Gasteiger partial charge in [0, 0.05) is 17.1 Å². The van der Waals surface area contributed by atoms with Crippen molar-refractivity contribution in [3.63, 3.8) is 0 Å². The number of nitrogens with zero attached hydrogens (tertiary/aromatic N) is 2. The van der Waals surface area contributed by atoms with Gasteiger partial charge in [0.15, 0.2) is 5.54 Å². The predicted octanol–water partition coefficient (Wildman–Crippen LogP) is 4.07. The largest absolute Gasteiger partial charge is 0.464 e. The lowest BCUT2D eigenvalue weighted by molar-refractivity contribution is -0.154. The summed E-state index contributed by atoms with van der Waals surface area (Å²) in [6.45, 7) is 9.67. The van der Waals surface area contributed by atoms with Gasteiger partial charge in [0.1, 0.15) is 17.7 Å². The second kappa shape index (κ2) is 10.7. The molecule has 9 heteroatoms. The summed E-state index contributed by atoms with van der Waals surface area (Å²) < 4.78 is 11.6. The van der Waals surface area contributed by atoms with E-state index in [1.807, 2.05) is 13.8 Å². The van der Waals surface area contributed by atoms with E-state index >= 15 is 0 Å². The zero-order valence-electron chi connectivity index (χ0n) is 20.3. The lowest BCUT2D eigenvalue weighted by atomic mass is 9.90. The van der Waals surface area contributed by atoms with Crippen molar-refractivity contribution in [2.24, 2.45) is 5.92 Å². The summed E-state index contributed by atoms with van der Waals surface area (Å²) in [5.41, 5.74) is -0.107. The number of likely N-dealkylation sites (tertiary alicyclic amines) is 1. The quantitative estimate of drug-likeness (QED) is 0.513. The molecule has 2 aromatic rings. The van der Waals surface area contributed by atoms with E-state index in [0.29, 0.717) is 36.4 Å². The van der Waals surface area contributed by atoms with E-state index in [-0.39, 0.29) is 24.3 Å². The van der Waals surface area contributed by atoms with Gasteiger partial charge in [-0.2, -0.15) is 0 Å². The summed E-state index contributed by atoms with van der Waals surface area (Å²) in [5, 5.41) is 6.82. The van der Waals surface area contributed by atoms with Gasteiger partial charge in [0.05, 0.1) is 12.3 Å². The van der Waals surface area contributed by atoms with E-state index in [0.717, 1.165) is 4.47 Å². The molecule has 0 bridgehead atoms. The maximum absolute atomic E-state index is 13.6. The second-order valence-corrected chi connectivity index (χ2v) is 10.0. The van der Waals surface area contributed by atoms with Crippen molar-refractivity contribution in [2.75, 3.05) is 13.2 Å². The molecule has 1 fully saturated rings. The highest BCUT2D eigenvalue weighted by molar-refractivity contribution is 9.10. The van der Waals surface area contributed by atoms with Crippen LogP contribution in [0.5, 0.6) is 0 Å². The van der Waals surface area contributed by atoms with Gasteiger partial charge < -0.3 is 19.5 Å². The number of aromatic nitrogens is 1. The third kappa shape index (κ3) is 5.35. The van der Waals surface area contributed by atoms with Crippen LogP contribution in [0.15, 0.2) is 39.3 Å². The van der Waals surface area contributed by atoms with Crippen LogP contribution >= 0.6 is 15.9 Å². The monoisotopic (exact) mass is 533 g/mol. The van der Waals surface area contributed by atoms with Crippen molar-refractivity contribution < 1.29 is 23.6 Å². The average molecular weight is 534 g/mol. The van der Waals surface area contributed by atoms with Crippen LogP contribution in [0.25, 0.3) is 0 Å². The van der Waals surface area contributed by atoms with Crippen LogP contribution in [0.4, 0.5) is 0 Å². The van der Waals surface area contributed by atoms with Crippen molar-refractivity contribution in [2.45, 2.75) is 65.0 Å². The number of carbonyl (C=O) groups excluding carboxylic acids is 3. The van der Waals surface area contributed by atoms with E-state index in [4.69, 9.17) is 9.26 Å². The smallest absolute Gasteiger partial charge is 0.336 e. The summed E-state index contributed by atoms with van der Waals surface area (Å²) in [5.74, 6) is -1.21. The first-order valence-electron chi connectivity index (χ1n) is 11.6. The molecule has 3 atom stereocenters. The summed E-state index contributed by atoms with van der Waals surface area (Å²) in [7, 11) is 0. The van der Waals surface area contributed by atoms with E-state index in [2.05, 4.69) is 26.4 Å². The van der Waals surface area contributed by atoms with Gasteiger partial charge in [0.2, 0.25) is 11.8 Å². The molecule has 1 aromatic carbocycles. The number of hydrogen-bond donors (Lipinski definition) is 1. The maximum Gasteiger partial charge on any atom is 0.336 e. The fourth-order valence-corrected chi connectivity index (χ4v) is 4.64. The van der Waals surface area contributed by atoms with Crippen LogP contribution < -0.4 is 5.32 Å². The molecule has 3 rings (SSSR count). The Labute approximate surface area is 208 Å². The Bertz CT molecular complexity index is 1040. The Kier molecular flexibility index (Phi) is 8.17. The molecule has 0 radical (unpaired) electrons. The number of carbonyl (C=O) groups is 3. The Morgan fingerprint density at radius 2 is 1.97 bits per heavy atom. The molecule has 3 unspecified atom stereocenters. The van der Waals surface area contributed by atoms with Crippen molar-refractivity contribution in [3.8, 4) is 0 Å². The lowest BCUT2D eigenvalue weighted by Gasteiger charge is -2.33. The zero-order chi connectivity index (χ0) is 25.0. The Balaban J connectivity index is 1.87. The van der Waals surface area contributed by atoms with Gasteiger partial charge in [-0.25, -0.2) is 4.79 Å². The number of esters is 1. The predicted molar refractivity (Wildman–Crippen MR) is 130 cm³/mol. The second-order valence-electron chi connectivity index (χ2n) is 9.12. The molecule has 1 saturated heterocycles. The molecule has 0 spiro atoms. The molecule has 0 saturated carbocycles. The Hall–Kier alpha value is -2.68. The van der Waals surface area contributed by atoms with E-state index in [1.165, 1.54) is 0 Å². The van der Waals surface area contributed by atoms with Crippen LogP contribution in [-0.4, -0.2) is 47.0 Å². The molecule has 2 heterocycles. The third-order valence-electron chi connectivity index (χ3n) is 6.20. The minimum atomic E-state index is -1.40.